The molecule has 1 heterocycles. The molecule has 1 aliphatic heterocycles. The van der Waals surface area contributed by atoms with Crippen LogP contribution in [0.25, 0.3) is 6.08 Å². The number of primary amides is 1. The van der Waals surface area contributed by atoms with E-state index in [1.54, 1.807) is 31.3 Å². The fourth-order valence-electron chi connectivity index (χ4n) is 2.63. The van der Waals surface area contributed by atoms with Gasteiger partial charge in [-0.3, -0.25) is 14.5 Å². The van der Waals surface area contributed by atoms with Crippen LogP contribution in [0.5, 0.6) is 11.5 Å². The number of aliphatic imine (C=N–C) groups is 1. The summed E-state index contributed by atoms with van der Waals surface area (Å²) in [6.45, 7) is 1.71. The van der Waals surface area contributed by atoms with E-state index >= 15 is 0 Å². The molecule has 150 valence electrons. The summed E-state index contributed by atoms with van der Waals surface area (Å²) in [5.74, 6) is 0.0110. The number of nitrogens with two attached hydrogens (primary N) is 1. The Labute approximate surface area is 173 Å². The van der Waals surface area contributed by atoms with Crippen molar-refractivity contribution in [2.75, 3.05) is 20.8 Å². The number of hydrogen-bond acceptors (Lipinski definition) is 6. The predicted molar refractivity (Wildman–Crippen MR) is 114 cm³/mol. The van der Waals surface area contributed by atoms with Gasteiger partial charge in [0.1, 0.15) is 0 Å². The van der Waals surface area contributed by atoms with Gasteiger partial charge in [-0.25, -0.2) is 4.99 Å². The number of hydrogen-bond donors (Lipinski definition) is 1. The number of likely N-dealkylation sites (N-methyl/N-ethyl adjacent to an activating group) is 1. The number of amides is 2. The molecule has 2 amide bonds. The number of methoxy groups -OCH3 is 1. The molecule has 3 rings (SSSR count). The van der Waals surface area contributed by atoms with E-state index in [1.165, 1.54) is 23.8 Å². The van der Waals surface area contributed by atoms with E-state index in [9.17, 15) is 9.59 Å². The first kappa shape index (κ1) is 20.5. The van der Waals surface area contributed by atoms with Crippen LogP contribution in [0.2, 0.25) is 0 Å². The first-order valence-corrected chi connectivity index (χ1v) is 9.61. The van der Waals surface area contributed by atoms with Crippen LogP contribution in [0.4, 0.5) is 5.69 Å². The zero-order valence-corrected chi connectivity index (χ0v) is 17.2. The maximum absolute atomic E-state index is 12.7. The fraction of sp³-hybridized carbons (Fsp3) is 0.190. The topological polar surface area (TPSA) is 94.2 Å². The minimum atomic E-state index is -0.604. The Hall–Kier alpha value is -3.26. The van der Waals surface area contributed by atoms with Gasteiger partial charge in [-0.2, -0.15) is 0 Å². The molecule has 1 fully saturated rings. The predicted octanol–water partition coefficient (Wildman–Crippen LogP) is 3.10. The number of amidine groups is 1. The average Bonchev–Trinajstić information content (AvgIpc) is 2.96. The lowest BCUT2D eigenvalue weighted by molar-refractivity contribution is -0.121. The van der Waals surface area contributed by atoms with Crippen molar-refractivity contribution in [2.24, 2.45) is 10.7 Å². The SMILES string of the molecule is COc1cccc(/C=C2/SC(=Nc3ccc(C)cc3)N(C)C2=O)c1OCC(N)=O. The van der Waals surface area contributed by atoms with E-state index in [-0.39, 0.29) is 12.5 Å². The van der Waals surface area contributed by atoms with E-state index in [2.05, 4.69) is 4.99 Å². The number of thioether (sulfide) groups is 1. The normalized spacial score (nSPS) is 16.5. The smallest absolute Gasteiger partial charge is 0.266 e. The van der Waals surface area contributed by atoms with Gasteiger partial charge in [0.15, 0.2) is 23.3 Å². The van der Waals surface area contributed by atoms with Gasteiger partial charge >= 0.3 is 0 Å². The highest BCUT2D eigenvalue weighted by molar-refractivity contribution is 8.18. The summed E-state index contributed by atoms with van der Waals surface area (Å²) in [4.78, 5) is 30.4. The highest BCUT2D eigenvalue weighted by Crippen LogP contribution is 2.37. The van der Waals surface area contributed by atoms with Gasteiger partial charge in [0, 0.05) is 12.6 Å². The second kappa shape index (κ2) is 8.83. The molecule has 1 aliphatic rings. The lowest BCUT2D eigenvalue weighted by Gasteiger charge is -2.12. The second-order valence-electron chi connectivity index (χ2n) is 6.34. The number of benzene rings is 2. The van der Waals surface area contributed by atoms with Gasteiger partial charge < -0.3 is 15.2 Å². The molecule has 0 bridgehead atoms. The van der Waals surface area contributed by atoms with Crippen molar-refractivity contribution < 1.29 is 19.1 Å². The molecule has 1 saturated heterocycles. The largest absolute Gasteiger partial charge is 0.493 e. The lowest BCUT2D eigenvalue weighted by atomic mass is 10.1. The van der Waals surface area contributed by atoms with Crippen LogP contribution in [0.3, 0.4) is 0 Å². The van der Waals surface area contributed by atoms with Gasteiger partial charge in [-0.15, -0.1) is 0 Å². The molecule has 2 aromatic carbocycles. The minimum absolute atomic E-state index is 0.176. The number of ether oxygens (including phenoxy) is 2. The standard InChI is InChI=1S/C21H21N3O4S/c1-13-7-9-15(10-8-13)23-21-24(2)20(26)17(29-21)11-14-5-4-6-16(27-3)19(14)28-12-18(22)25/h4-11H,12H2,1-3H3,(H2,22,25)/b17-11+,23-21?. The average molecular weight is 411 g/mol. The molecule has 0 radical (unpaired) electrons. The Morgan fingerprint density at radius 1 is 1.24 bits per heavy atom. The first-order valence-electron chi connectivity index (χ1n) is 8.80. The molecule has 0 unspecified atom stereocenters. The van der Waals surface area contributed by atoms with E-state index in [0.29, 0.717) is 27.1 Å². The fourth-order valence-corrected chi connectivity index (χ4v) is 3.61. The molecule has 7 nitrogen and oxygen atoms in total. The van der Waals surface area contributed by atoms with Gasteiger partial charge in [-0.05, 0) is 43.0 Å². The van der Waals surface area contributed by atoms with Gasteiger partial charge in [0.2, 0.25) is 0 Å². The van der Waals surface area contributed by atoms with Crippen LogP contribution in [-0.2, 0) is 9.59 Å². The number of carbonyl (C=O) groups is 2. The highest BCUT2D eigenvalue weighted by atomic mass is 32.2. The molecular weight excluding hydrogens is 390 g/mol. The van der Waals surface area contributed by atoms with Gasteiger partial charge in [0.25, 0.3) is 11.8 Å². The molecule has 8 heteroatoms. The zero-order valence-electron chi connectivity index (χ0n) is 16.3. The quantitative estimate of drug-likeness (QED) is 0.737. The zero-order chi connectivity index (χ0) is 21.0. The molecule has 0 atom stereocenters. The van der Waals surface area contributed by atoms with Crippen LogP contribution in [-0.4, -0.2) is 42.6 Å². The van der Waals surface area contributed by atoms with Crippen molar-refractivity contribution in [1.82, 2.24) is 4.90 Å². The molecule has 0 spiro atoms. The Morgan fingerprint density at radius 2 is 1.97 bits per heavy atom. The summed E-state index contributed by atoms with van der Waals surface area (Å²) < 4.78 is 10.8. The van der Waals surface area contributed by atoms with Crippen molar-refractivity contribution in [3.8, 4) is 11.5 Å². The third kappa shape index (κ3) is 4.78. The summed E-state index contributed by atoms with van der Waals surface area (Å²) in [6.07, 6.45) is 1.69. The summed E-state index contributed by atoms with van der Waals surface area (Å²) in [5.41, 5.74) is 7.70. The number of rotatable bonds is 6. The molecule has 0 aliphatic carbocycles. The summed E-state index contributed by atoms with van der Waals surface area (Å²) in [6, 6.07) is 13.0. The van der Waals surface area contributed by atoms with Crippen molar-refractivity contribution in [2.45, 2.75) is 6.92 Å². The highest BCUT2D eigenvalue weighted by Gasteiger charge is 2.30. The lowest BCUT2D eigenvalue weighted by Crippen LogP contribution is -2.23. The van der Waals surface area contributed by atoms with E-state index in [0.717, 1.165) is 11.3 Å². The van der Waals surface area contributed by atoms with Crippen molar-refractivity contribution >= 4 is 40.5 Å². The second-order valence-corrected chi connectivity index (χ2v) is 7.35. The van der Waals surface area contributed by atoms with Crippen LogP contribution in [0.1, 0.15) is 11.1 Å². The minimum Gasteiger partial charge on any atom is -0.493 e. The van der Waals surface area contributed by atoms with Gasteiger partial charge in [0.05, 0.1) is 17.7 Å². The Bertz CT molecular complexity index is 999. The molecule has 29 heavy (non-hydrogen) atoms. The van der Waals surface area contributed by atoms with Crippen LogP contribution in [0, 0.1) is 6.92 Å². The van der Waals surface area contributed by atoms with Crippen LogP contribution < -0.4 is 15.2 Å². The Kier molecular flexibility index (Phi) is 6.23. The molecule has 2 N–H and O–H groups in total. The molecule has 0 aromatic heterocycles. The number of para-hydroxylation sites is 1. The summed E-state index contributed by atoms with van der Waals surface area (Å²) >= 11 is 1.27. The molecule has 2 aromatic rings. The number of nitrogens with zero attached hydrogens (tertiary/aromatic N) is 2. The summed E-state index contributed by atoms with van der Waals surface area (Å²) in [7, 11) is 3.18. The number of aryl methyl sites for hydroxylation is 1. The van der Waals surface area contributed by atoms with E-state index in [4.69, 9.17) is 15.2 Å². The Morgan fingerprint density at radius 3 is 2.62 bits per heavy atom. The van der Waals surface area contributed by atoms with E-state index < -0.39 is 5.91 Å². The van der Waals surface area contributed by atoms with Crippen molar-refractivity contribution in [3.05, 3.63) is 58.5 Å². The van der Waals surface area contributed by atoms with Crippen molar-refractivity contribution in [1.29, 1.82) is 0 Å². The monoisotopic (exact) mass is 411 g/mol. The van der Waals surface area contributed by atoms with Gasteiger partial charge in [-0.1, -0.05) is 29.8 Å². The van der Waals surface area contributed by atoms with Crippen LogP contribution >= 0.6 is 11.8 Å². The summed E-state index contributed by atoms with van der Waals surface area (Å²) in [5, 5.41) is 0.576. The van der Waals surface area contributed by atoms with Crippen molar-refractivity contribution in [3.63, 3.8) is 0 Å². The Balaban J connectivity index is 1.93. The number of carbonyl (C=O) groups excluding carboxylic acids is 2. The third-order valence-corrected chi connectivity index (χ3v) is 5.20. The first-order chi connectivity index (χ1) is 13.9. The maximum atomic E-state index is 12.7. The molecular formula is C21H21N3O4S. The third-order valence-electron chi connectivity index (χ3n) is 4.14. The van der Waals surface area contributed by atoms with Crippen LogP contribution in [0.15, 0.2) is 52.4 Å². The maximum Gasteiger partial charge on any atom is 0.266 e. The van der Waals surface area contributed by atoms with E-state index in [1.807, 2.05) is 31.2 Å². The molecule has 0 saturated carbocycles.